The molecule has 3 aromatic rings. The molecule has 0 aliphatic carbocycles. The van der Waals surface area contributed by atoms with Gasteiger partial charge in [-0.2, -0.15) is 0 Å². The van der Waals surface area contributed by atoms with Crippen LogP contribution in [0.25, 0.3) is 5.70 Å². The third-order valence-corrected chi connectivity index (χ3v) is 6.03. The predicted octanol–water partition coefficient (Wildman–Crippen LogP) is 4.72. The number of hydrogen-bond acceptors (Lipinski definition) is 6. The lowest BCUT2D eigenvalue weighted by Crippen LogP contribution is -2.31. The fraction of sp³-hybridized carbons (Fsp3) is 0.240. The van der Waals surface area contributed by atoms with Crippen molar-refractivity contribution in [3.63, 3.8) is 0 Å². The number of aryl methyl sites for hydroxylation is 1. The average Bonchev–Trinajstić information content (AvgIpc) is 2.79. The Kier molecular flexibility index (Phi) is 6.46. The van der Waals surface area contributed by atoms with Crippen LogP contribution in [0.2, 0.25) is 0 Å². The minimum absolute atomic E-state index is 0.235. The zero-order valence-corrected chi connectivity index (χ0v) is 19.1. The first-order chi connectivity index (χ1) is 15.5. The number of H-pyrrole nitrogens is 1. The molecule has 2 heterocycles. The molecule has 32 heavy (non-hydrogen) atoms. The lowest BCUT2D eigenvalue weighted by molar-refractivity contribution is -0.138. The second-order valence-electron chi connectivity index (χ2n) is 7.41. The maximum atomic E-state index is 13.3. The summed E-state index contributed by atoms with van der Waals surface area (Å²) in [5.74, 6) is 0.167. The maximum Gasteiger partial charge on any atom is 0.337 e. The quantitative estimate of drug-likeness (QED) is 0.323. The number of fused-ring (bicyclic) bond motifs is 1. The van der Waals surface area contributed by atoms with Gasteiger partial charge in [0.2, 0.25) is 0 Å². The van der Waals surface area contributed by atoms with Gasteiger partial charge in [0, 0.05) is 0 Å². The third kappa shape index (κ3) is 4.21. The normalized spacial score (nSPS) is 15.2. The fourth-order valence-electron chi connectivity index (χ4n) is 3.86. The van der Waals surface area contributed by atoms with E-state index in [1.54, 1.807) is 6.92 Å². The van der Waals surface area contributed by atoms with Gasteiger partial charge in [-0.25, -0.2) is 9.78 Å². The van der Waals surface area contributed by atoms with E-state index in [1.165, 1.54) is 11.8 Å². The van der Waals surface area contributed by atoms with Crippen LogP contribution in [-0.4, -0.2) is 28.3 Å². The molecule has 1 unspecified atom stereocenters. The van der Waals surface area contributed by atoms with Crippen molar-refractivity contribution in [3.05, 3.63) is 92.8 Å². The topological polar surface area (TPSA) is 84.1 Å². The molecule has 2 N–H and O–H groups in total. The summed E-state index contributed by atoms with van der Waals surface area (Å²) >= 11 is 1.46. The van der Waals surface area contributed by atoms with E-state index in [-0.39, 0.29) is 12.2 Å². The molecule has 1 aromatic heterocycles. The van der Waals surface area contributed by atoms with Crippen molar-refractivity contribution in [3.8, 4) is 0 Å². The van der Waals surface area contributed by atoms with E-state index < -0.39 is 11.9 Å². The number of nitrogens with one attached hydrogen (secondary N) is 2. The van der Waals surface area contributed by atoms with Crippen LogP contribution >= 0.6 is 11.8 Å². The van der Waals surface area contributed by atoms with Gasteiger partial charge in [0.1, 0.15) is 5.82 Å². The number of carbonyl (C=O) groups is 1. The minimum atomic E-state index is -0.613. The highest BCUT2D eigenvalue weighted by Crippen LogP contribution is 2.43. The van der Waals surface area contributed by atoms with Crippen LogP contribution in [0.15, 0.2) is 70.1 Å². The molecule has 0 fully saturated rings. The van der Waals surface area contributed by atoms with Crippen LogP contribution in [0, 0.1) is 6.92 Å². The Hall–Kier alpha value is -3.32. The minimum Gasteiger partial charge on any atom is -0.463 e. The molecule has 1 aliphatic rings. The van der Waals surface area contributed by atoms with Gasteiger partial charge in [-0.15, -0.1) is 0 Å². The van der Waals surface area contributed by atoms with E-state index in [4.69, 9.17) is 4.74 Å². The molecular weight excluding hydrogens is 422 g/mol. The Morgan fingerprint density at radius 2 is 1.81 bits per heavy atom. The molecule has 4 rings (SSSR count). The fourth-order valence-corrected chi connectivity index (χ4v) is 4.45. The molecule has 0 spiro atoms. The maximum absolute atomic E-state index is 13.3. The van der Waals surface area contributed by atoms with Crippen molar-refractivity contribution in [2.75, 3.05) is 17.7 Å². The van der Waals surface area contributed by atoms with Gasteiger partial charge in [0.05, 0.1) is 29.4 Å². The number of carbonyl (C=O) groups excluding carboxylic acids is 1. The van der Waals surface area contributed by atoms with E-state index in [9.17, 15) is 9.59 Å². The van der Waals surface area contributed by atoms with E-state index in [0.29, 0.717) is 27.8 Å². The summed E-state index contributed by atoms with van der Waals surface area (Å²) in [7, 11) is 0. The predicted molar refractivity (Wildman–Crippen MR) is 128 cm³/mol. The number of hydrogen-bond donors (Lipinski definition) is 2. The highest BCUT2D eigenvalue weighted by Gasteiger charge is 2.38. The van der Waals surface area contributed by atoms with Crippen LogP contribution in [-0.2, 0) is 9.53 Å². The molecule has 6 nitrogen and oxygen atoms in total. The molecular formula is C25H25N3O3S. The number of nitrogens with zero attached hydrogens (tertiary/aromatic N) is 1. The van der Waals surface area contributed by atoms with Crippen molar-refractivity contribution < 1.29 is 9.53 Å². The number of benzene rings is 2. The molecule has 0 radical (unpaired) electrons. The lowest BCUT2D eigenvalue weighted by atomic mass is 9.81. The van der Waals surface area contributed by atoms with Crippen molar-refractivity contribution in [1.82, 2.24) is 9.97 Å². The summed E-state index contributed by atoms with van der Waals surface area (Å²) in [5, 5.41) is 3.83. The summed E-state index contributed by atoms with van der Waals surface area (Å²) in [6, 6.07) is 17.4. The number of ether oxygens (including phenoxy) is 1. The summed E-state index contributed by atoms with van der Waals surface area (Å²) in [4.78, 5) is 34.1. The van der Waals surface area contributed by atoms with Crippen LogP contribution in [0.5, 0.6) is 0 Å². The first-order valence-electron chi connectivity index (χ1n) is 10.6. The lowest BCUT2D eigenvalue weighted by Gasteiger charge is -2.30. The number of rotatable bonds is 6. The molecule has 2 aromatic carbocycles. The smallest absolute Gasteiger partial charge is 0.337 e. The number of esters is 1. The molecule has 1 atom stereocenters. The average molecular weight is 448 g/mol. The second-order valence-corrected chi connectivity index (χ2v) is 8.66. The van der Waals surface area contributed by atoms with Crippen LogP contribution in [0.4, 0.5) is 5.82 Å². The Morgan fingerprint density at radius 1 is 1.09 bits per heavy atom. The Balaban J connectivity index is 2.02. The van der Waals surface area contributed by atoms with Crippen LogP contribution in [0.3, 0.4) is 0 Å². The van der Waals surface area contributed by atoms with Gasteiger partial charge < -0.3 is 15.0 Å². The number of anilines is 1. The van der Waals surface area contributed by atoms with Gasteiger partial charge >= 0.3 is 5.97 Å². The summed E-state index contributed by atoms with van der Waals surface area (Å²) in [6.45, 7) is 6.01. The Morgan fingerprint density at radius 3 is 2.47 bits per heavy atom. The number of aromatic nitrogens is 2. The zero-order chi connectivity index (χ0) is 22.7. The zero-order valence-electron chi connectivity index (χ0n) is 18.3. The Labute approximate surface area is 191 Å². The molecule has 164 valence electrons. The number of thioether (sulfide) groups is 1. The first kappa shape index (κ1) is 21.9. The molecule has 0 saturated heterocycles. The summed E-state index contributed by atoms with van der Waals surface area (Å²) in [6.07, 6.45) is 0. The highest BCUT2D eigenvalue weighted by molar-refractivity contribution is 7.99. The van der Waals surface area contributed by atoms with Gasteiger partial charge in [0.25, 0.3) is 5.56 Å². The first-order valence-corrected chi connectivity index (χ1v) is 11.6. The SMILES string of the molecule is CCOC(=O)C1=C(c2ccccc2)Nc2nc(SCC)[nH]c(=O)c2C1c1ccc(C)cc1. The van der Waals surface area contributed by atoms with Gasteiger partial charge in [-0.1, -0.05) is 78.8 Å². The van der Waals surface area contributed by atoms with E-state index in [1.807, 2.05) is 68.4 Å². The van der Waals surface area contributed by atoms with Crippen molar-refractivity contribution >= 4 is 29.2 Å². The second kappa shape index (κ2) is 9.44. The van der Waals surface area contributed by atoms with E-state index >= 15 is 0 Å². The molecule has 0 bridgehead atoms. The molecule has 0 saturated carbocycles. The Bertz CT molecular complexity index is 1220. The summed E-state index contributed by atoms with van der Waals surface area (Å²) in [5.41, 5.74) is 3.90. The van der Waals surface area contributed by atoms with Crippen molar-refractivity contribution in [2.45, 2.75) is 31.8 Å². The van der Waals surface area contributed by atoms with E-state index in [2.05, 4.69) is 15.3 Å². The monoisotopic (exact) mass is 447 g/mol. The van der Waals surface area contributed by atoms with Gasteiger partial charge in [-0.3, -0.25) is 4.79 Å². The van der Waals surface area contributed by atoms with Crippen molar-refractivity contribution in [2.24, 2.45) is 0 Å². The van der Waals surface area contributed by atoms with Gasteiger partial charge in [0.15, 0.2) is 5.16 Å². The summed E-state index contributed by atoms with van der Waals surface area (Å²) < 4.78 is 5.45. The van der Waals surface area contributed by atoms with Gasteiger partial charge in [-0.05, 0) is 30.7 Å². The van der Waals surface area contributed by atoms with Crippen molar-refractivity contribution in [1.29, 1.82) is 0 Å². The third-order valence-electron chi connectivity index (χ3n) is 5.27. The standard InChI is InChI=1S/C25H25N3O3S/c1-4-31-24(30)19-18(16-13-11-15(3)12-14-16)20-22(27-25(32-5-2)28-23(20)29)26-21(19)17-9-7-6-8-10-17/h6-14,18H,4-5H2,1-3H3,(H2,26,27,28,29). The van der Waals surface area contributed by atoms with Crippen LogP contribution in [0.1, 0.15) is 42.0 Å². The largest absolute Gasteiger partial charge is 0.463 e. The highest BCUT2D eigenvalue weighted by atomic mass is 32.2. The van der Waals surface area contributed by atoms with Crippen LogP contribution < -0.4 is 10.9 Å². The molecule has 0 amide bonds. The number of aromatic amines is 1. The molecule has 7 heteroatoms. The van der Waals surface area contributed by atoms with E-state index in [0.717, 1.165) is 22.4 Å². The molecule has 1 aliphatic heterocycles.